The zero-order valence-electron chi connectivity index (χ0n) is 16.3. The molecule has 0 radical (unpaired) electrons. The summed E-state index contributed by atoms with van der Waals surface area (Å²) in [5.74, 6) is 1.56. The molecule has 0 aliphatic carbocycles. The summed E-state index contributed by atoms with van der Waals surface area (Å²) in [6.07, 6.45) is 4.46. The summed E-state index contributed by atoms with van der Waals surface area (Å²) < 4.78 is 36.9. The normalized spacial score (nSPS) is 20.1. The number of anilines is 1. The largest absolute Gasteiger partial charge is 0.493 e. The van der Waals surface area contributed by atoms with E-state index in [2.05, 4.69) is 14.9 Å². The summed E-state index contributed by atoms with van der Waals surface area (Å²) in [6.45, 7) is 2.23. The molecule has 3 heterocycles. The van der Waals surface area contributed by atoms with Gasteiger partial charge in [0.15, 0.2) is 11.5 Å². The number of aromatic nitrogens is 2. The van der Waals surface area contributed by atoms with E-state index in [1.807, 2.05) is 4.31 Å². The number of methoxy groups -OCH3 is 1. The van der Waals surface area contributed by atoms with E-state index >= 15 is 0 Å². The van der Waals surface area contributed by atoms with Gasteiger partial charge in [-0.3, -0.25) is 5.41 Å². The molecule has 2 aromatic rings. The Balaban J connectivity index is 1.56. The highest BCUT2D eigenvalue weighted by atomic mass is 32.2. The lowest BCUT2D eigenvalue weighted by atomic mass is 9.78. The van der Waals surface area contributed by atoms with Crippen LogP contribution in [0.3, 0.4) is 0 Å². The predicted molar refractivity (Wildman–Crippen MR) is 110 cm³/mol. The maximum absolute atomic E-state index is 12.8. The molecule has 1 atom stereocenters. The number of rotatable bonds is 6. The Hall–Kier alpha value is -2.33. The molecule has 29 heavy (non-hydrogen) atoms. The first kappa shape index (κ1) is 20.0. The van der Waals surface area contributed by atoms with E-state index in [-0.39, 0.29) is 5.41 Å². The van der Waals surface area contributed by atoms with Gasteiger partial charge in [-0.15, -0.1) is 0 Å². The summed E-state index contributed by atoms with van der Waals surface area (Å²) in [4.78, 5) is 11.0. The van der Waals surface area contributed by atoms with Crippen LogP contribution in [0.25, 0.3) is 10.9 Å². The number of halogens is 1. The number of benzene rings is 1. The van der Waals surface area contributed by atoms with Crippen molar-refractivity contribution in [1.82, 2.24) is 14.3 Å². The van der Waals surface area contributed by atoms with Crippen LogP contribution in [-0.4, -0.2) is 64.2 Å². The lowest BCUT2D eigenvalue weighted by molar-refractivity contribution is 0.185. The molecule has 10 heteroatoms. The zero-order chi connectivity index (χ0) is 20.4. The quantitative estimate of drug-likeness (QED) is 0.569. The predicted octanol–water partition coefficient (Wildman–Crippen LogP) is 2.51. The minimum Gasteiger partial charge on any atom is -0.493 e. The van der Waals surface area contributed by atoms with Gasteiger partial charge >= 0.3 is 0 Å². The first-order chi connectivity index (χ1) is 14.1. The maximum atomic E-state index is 12.8. The van der Waals surface area contributed by atoms with Crippen molar-refractivity contribution < 1.29 is 18.1 Å². The summed E-state index contributed by atoms with van der Waals surface area (Å²) in [5, 5.41) is 8.04. The second-order valence-corrected chi connectivity index (χ2v) is 8.77. The zero-order valence-corrected chi connectivity index (χ0v) is 17.1. The molecule has 0 amide bonds. The van der Waals surface area contributed by atoms with Gasteiger partial charge in [0.05, 0.1) is 18.2 Å². The maximum Gasteiger partial charge on any atom is 0.228 e. The van der Waals surface area contributed by atoms with E-state index in [1.165, 1.54) is 13.4 Å². The molecule has 1 unspecified atom stereocenters. The first-order valence-electron chi connectivity index (χ1n) is 9.52. The van der Waals surface area contributed by atoms with E-state index < -0.39 is 17.8 Å². The summed E-state index contributed by atoms with van der Waals surface area (Å²) >= 11 is 0. The highest BCUT2D eigenvalue weighted by Crippen LogP contribution is 2.43. The van der Waals surface area contributed by atoms with E-state index in [0.29, 0.717) is 17.0 Å². The topological polar surface area (TPSA) is 91.6 Å². The average Bonchev–Trinajstić information content (AvgIpc) is 3.16. The van der Waals surface area contributed by atoms with Crippen LogP contribution in [-0.2, 0) is 11.0 Å². The number of fused-ring (bicyclic) bond motifs is 1. The molecule has 156 valence electrons. The molecule has 1 aromatic heterocycles. The standard InChI is InChI=1S/C19H24FN5O3S/c1-27-16-9-15-14(8-17(16)28-11-20)18(23-13-22-15)24-5-2-19(3-6-24)4-7-25(10-19)29(26)12-21/h8-9,12-13,21H,2-7,10-11H2,1H3. The van der Waals surface area contributed by atoms with Gasteiger partial charge in [-0.05, 0) is 30.7 Å². The van der Waals surface area contributed by atoms with Crippen molar-refractivity contribution in [2.75, 3.05) is 45.0 Å². The number of alkyl halides is 1. The number of ether oxygens (including phenoxy) is 2. The van der Waals surface area contributed by atoms with Crippen LogP contribution in [0.4, 0.5) is 10.2 Å². The van der Waals surface area contributed by atoms with Gasteiger partial charge in [0.1, 0.15) is 23.1 Å². The minimum atomic E-state index is -1.32. The second kappa shape index (κ2) is 8.19. The van der Waals surface area contributed by atoms with Gasteiger partial charge in [-0.25, -0.2) is 22.9 Å². The van der Waals surface area contributed by atoms with Crippen molar-refractivity contribution >= 4 is 33.3 Å². The SMILES string of the molecule is COc1cc2ncnc(N3CCC4(CC3)CCN(S(=O)C=N)C4)c2cc1OCF. The Kier molecular flexibility index (Phi) is 5.64. The van der Waals surface area contributed by atoms with Crippen molar-refractivity contribution in [3.8, 4) is 11.5 Å². The molecule has 2 aliphatic rings. The number of hydrogen-bond acceptors (Lipinski definition) is 7. The lowest BCUT2D eigenvalue weighted by Crippen LogP contribution is -2.42. The van der Waals surface area contributed by atoms with Crippen LogP contribution < -0.4 is 14.4 Å². The van der Waals surface area contributed by atoms with E-state index in [9.17, 15) is 8.60 Å². The summed E-state index contributed by atoms with van der Waals surface area (Å²) in [5.41, 5.74) is 1.86. The first-order valence-corrected chi connectivity index (χ1v) is 10.7. The van der Waals surface area contributed by atoms with Gasteiger partial charge < -0.3 is 14.4 Å². The van der Waals surface area contributed by atoms with Gasteiger partial charge in [0.25, 0.3) is 0 Å². The molecule has 0 saturated carbocycles. The van der Waals surface area contributed by atoms with E-state index in [0.717, 1.165) is 62.2 Å². The summed E-state index contributed by atoms with van der Waals surface area (Å²) in [6, 6.07) is 3.47. The van der Waals surface area contributed by atoms with Crippen molar-refractivity contribution in [3.63, 3.8) is 0 Å². The molecular weight excluding hydrogens is 397 g/mol. The molecule has 4 rings (SSSR count). The number of hydrogen-bond donors (Lipinski definition) is 1. The van der Waals surface area contributed by atoms with Gasteiger partial charge in [0, 0.05) is 37.6 Å². The molecule has 0 bridgehead atoms. The monoisotopic (exact) mass is 421 g/mol. The van der Waals surface area contributed by atoms with Gasteiger partial charge in [0.2, 0.25) is 6.86 Å². The lowest BCUT2D eigenvalue weighted by Gasteiger charge is -2.40. The summed E-state index contributed by atoms with van der Waals surface area (Å²) in [7, 11) is 0.192. The highest BCUT2D eigenvalue weighted by Gasteiger charge is 2.42. The molecule has 1 spiro atoms. The Morgan fingerprint density at radius 3 is 2.69 bits per heavy atom. The second-order valence-electron chi connectivity index (χ2n) is 7.47. The van der Waals surface area contributed by atoms with Crippen LogP contribution in [0.1, 0.15) is 19.3 Å². The van der Waals surface area contributed by atoms with Gasteiger partial charge in [-0.1, -0.05) is 0 Å². The molecule has 2 aliphatic heterocycles. The fourth-order valence-corrected chi connectivity index (χ4v) is 5.18. The highest BCUT2D eigenvalue weighted by molar-refractivity contribution is 7.96. The molecule has 8 nitrogen and oxygen atoms in total. The third-order valence-corrected chi connectivity index (χ3v) is 7.01. The minimum absolute atomic E-state index is 0.143. The Morgan fingerprint density at radius 2 is 2.00 bits per heavy atom. The molecule has 1 N–H and O–H groups in total. The van der Waals surface area contributed by atoms with Crippen molar-refractivity contribution in [1.29, 1.82) is 5.41 Å². The Labute approximate surface area is 171 Å². The van der Waals surface area contributed by atoms with Crippen LogP contribution in [0, 0.1) is 10.8 Å². The third kappa shape index (κ3) is 3.78. The number of piperidine rings is 1. The Morgan fingerprint density at radius 1 is 1.24 bits per heavy atom. The van der Waals surface area contributed by atoms with Crippen molar-refractivity contribution in [2.45, 2.75) is 19.3 Å². The third-order valence-electron chi connectivity index (χ3n) is 5.99. The smallest absolute Gasteiger partial charge is 0.228 e. The molecular formula is C19H24FN5O3S. The van der Waals surface area contributed by atoms with E-state index in [4.69, 9.17) is 14.9 Å². The van der Waals surface area contributed by atoms with Crippen LogP contribution in [0.2, 0.25) is 0 Å². The van der Waals surface area contributed by atoms with Crippen molar-refractivity contribution in [3.05, 3.63) is 18.5 Å². The van der Waals surface area contributed by atoms with Crippen LogP contribution >= 0.6 is 0 Å². The molecule has 2 fully saturated rings. The van der Waals surface area contributed by atoms with Crippen LogP contribution in [0.5, 0.6) is 11.5 Å². The average molecular weight is 421 g/mol. The molecule has 1 aromatic carbocycles. The molecule has 2 saturated heterocycles. The van der Waals surface area contributed by atoms with Crippen LogP contribution in [0.15, 0.2) is 18.5 Å². The number of nitrogens with one attached hydrogen (secondary N) is 1. The number of nitrogens with zero attached hydrogens (tertiary/aromatic N) is 4. The Bertz CT molecular complexity index is 935. The van der Waals surface area contributed by atoms with E-state index in [1.54, 1.807) is 12.1 Å². The fraction of sp³-hybridized carbons (Fsp3) is 0.526. The fourth-order valence-electron chi connectivity index (χ4n) is 4.36. The van der Waals surface area contributed by atoms with Crippen molar-refractivity contribution in [2.24, 2.45) is 5.41 Å². The van der Waals surface area contributed by atoms with Gasteiger partial charge in [-0.2, -0.15) is 0 Å².